The van der Waals surface area contributed by atoms with Crippen LogP contribution in [-0.4, -0.2) is 18.4 Å². The van der Waals surface area contributed by atoms with E-state index in [4.69, 9.17) is 0 Å². The summed E-state index contributed by atoms with van der Waals surface area (Å²) in [6.45, 7) is 2.98. The molecule has 0 saturated carbocycles. The maximum Gasteiger partial charge on any atom is 0.258 e. The van der Waals surface area contributed by atoms with Gasteiger partial charge in [-0.2, -0.15) is 0 Å². The molecule has 4 rings (SSSR count). The number of carbonyl (C=O) groups is 2. The minimum absolute atomic E-state index is 0.00379. The van der Waals surface area contributed by atoms with Gasteiger partial charge in [-0.1, -0.05) is 35.9 Å². The topological polar surface area (TPSA) is 49.4 Å². The Kier molecular flexibility index (Phi) is 5.12. The fraction of sp³-hybridized carbons (Fsp3) is 0.167. The molecule has 4 nitrogen and oxygen atoms in total. The molecule has 29 heavy (non-hydrogen) atoms. The van der Waals surface area contributed by atoms with Crippen molar-refractivity contribution in [3.8, 4) is 0 Å². The van der Waals surface area contributed by atoms with Crippen LogP contribution in [0, 0.1) is 12.7 Å². The molecule has 5 heteroatoms. The summed E-state index contributed by atoms with van der Waals surface area (Å²) in [5.41, 5.74) is 5.03. The van der Waals surface area contributed by atoms with Gasteiger partial charge < -0.3 is 10.2 Å². The Morgan fingerprint density at radius 3 is 2.55 bits per heavy atom. The Morgan fingerprint density at radius 1 is 1.00 bits per heavy atom. The molecule has 1 N–H and O–H groups in total. The van der Waals surface area contributed by atoms with Crippen molar-refractivity contribution >= 4 is 17.5 Å². The third-order valence-corrected chi connectivity index (χ3v) is 5.12. The van der Waals surface area contributed by atoms with Gasteiger partial charge in [0.15, 0.2) is 0 Å². The van der Waals surface area contributed by atoms with Gasteiger partial charge in [-0.3, -0.25) is 9.59 Å². The summed E-state index contributed by atoms with van der Waals surface area (Å²) in [6, 6.07) is 19.1. The SMILES string of the molecule is Cc1ccc(C(=O)N2CCc3cc(CNC(=O)c4cccc(F)c4)ccc32)cc1. The highest BCUT2D eigenvalue weighted by molar-refractivity contribution is 6.07. The second-order valence-corrected chi connectivity index (χ2v) is 7.23. The quantitative estimate of drug-likeness (QED) is 0.726. The van der Waals surface area contributed by atoms with Gasteiger partial charge in [-0.15, -0.1) is 0 Å². The summed E-state index contributed by atoms with van der Waals surface area (Å²) < 4.78 is 13.3. The van der Waals surface area contributed by atoms with Crippen LogP contribution in [0.3, 0.4) is 0 Å². The molecular formula is C24H21FN2O2. The number of aryl methyl sites for hydroxylation is 1. The van der Waals surface area contributed by atoms with Crippen LogP contribution in [0.25, 0.3) is 0 Å². The van der Waals surface area contributed by atoms with Gasteiger partial charge in [-0.25, -0.2) is 4.39 Å². The van der Waals surface area contributed by atoms with Gasteiger partial charge in [0.25, 0.3) is 11.8 Å². The molecule has 0 aromatic heterocycles. The first kappa shape index (κ1) is 18.9. The highest BCUT2D eigenvalue weighted by Gasteiger charge is 2.25. The van der Waals surface area contributed by atoms with E-state index in [9.17, 15) is 14.0 Å². The summed E-state index contributed by atoms with van der Waals surface area (Å²) in [4.78, 5) is 26.8. The Labute approximate surface area is 169 Å². The summed E-state index contributed by atoms with van der Waals surface area (Å²) in [7, 11) is 0. The van der Waals surface area contributed by atoms with Gasteiger partial charge in [0.2, 0.25) is 0 Å². The molecule has 3 aromatic rings. The van der Waals surface area contributed by atoms with E-state index in [2.05, 4.69) is 5.32 Å². The molecule has 1 aliphatic rings. The second-order valence-electron chi connectivity index (χ2n) is 7.23. The van der Waals surface area contributed by atoms with Crippen molar-refractivity contribution in [1.82, 2.24) is 5.32 Å². The third kappa shape index (κ3) is 4.04. The minimum atomic E-state index is -0.437. The minimum Gasteiger partial charge on any atom is -0.348 e. The zero-order valence-corrected chi connectivity index (χ0v) is 16.1. The maximum atomic E-state index is 13.3. The number of hydrogen-bond acceptors (Lipinski definition) is 2. The van der Waals surface area contributed by atoms with Gasteiger partial charge in [0.1, 0.15) is 5.82 Å². The fourth-order valence-corrected chi connectivity index (χ4v) is 3.54. The Bertz CT molecular complexity index is 1080. The molecule has 0 fully saturated rings. The molecule has 146 valence electrons. The number of carbonyl (C=O) groups excluding carboxylic acids is 2. The van der Waals surface area contributed by atoms with Gasteiger partial charge in [0.05, 0.1) is 0 Å². The lowest BCUT2D eigenvalue weighted by atomic mass is 10.1. The zero-order chi connectivity index (χ0) is 20.4. The van der Waals surface area contributed by atoms with Crippen LogP contribution in [0.4, 0.5) is 10.1 Å². The van der Waals surface area contributed by atoms with Gasteiger partial charge in [0, 0.05) is 29.9 Å². The van der Waals surface area contributed by atoms with E-state index in [0.29, 0.717) is 24.2 Å². The van der Waals surface area contributed by atoms with Crippen molar-refractivity contribution in [2.45, 2.75) is 19.9 Å². The number of nitrogens with one attached hydrogen (secondary N) is 1. The molecule has 0 unspecified atom stereocenters. The zero-order valence-electron chi connectivity index (χ0n) is 16.1. The van der Waals surface area contributed by atoms with E-state index in [1.54, 1.807) is 11.0 Å². The largest absolute Gasteiger partial charge is 0.348 e. The lowest BCUT2D eigenvalue weighted by molar-refractivity contribution is 0.0949. The van der Waals surface area contributed by atoms with E-state index in [1.807, 2.05) is 49.4 Å². The van der Waals surface area contributed by atoms with Crippen LogP contribution >= 0.6 is 0 Å². The van der Waals surface area contributed by atoms with Crippen LogP contribution in [-0.2, 0) is 13.0 Å². The Balaban J connectivity index is 1.45. The molecular weight excluding hydrogens is 367 g/mol. The first-order valence-electron chi connectivity index (χ1n) is 9.55. The summed E-state index contributed by atoms with van der Waals surface area (Å²) in [6.07, 6.45) is 0.776. The highest BCUT2D eigenvalue weighted by atomic mass is 19.1. The van der Waals surface area contributed by atoms with Gasteiger partial charge in [-0.05, 0) is 60.9 Å². The predicted octanol–water partition coefficient (Wildman–Crippen LogP) is 4.27. The van der Waals surface area contributed by atoms with Crippen LogP contribution in [0.15, 0.2) is 66.7 Å². The highest BCUT2D eigenvalue weighted by Crippen LogP contribution is 2.30. The average molecular weight is 388 g/mol. The first-order valence-corrected chi connectivity index (χ1v) is 9.55. The van der Waals surface area contributed by atoms with Crippen molar-refractivity contribution in [3.63, 3.8) is 0 Å². The predicted molar refractivity (Wildman–Crippen MR) is 111 cm³/mol. The maximum absolute atomic E-state index is 13.3. The number of benzene rings is 3. The van der Waals surface area contributed by atoms with Crippen molar-refractivity contribution in [2.75, 3.05) is 11.4 Å². The van der Waals surface area contributed by atoms with Crippen LogP contribution in [0.2, 0.25) is 0 Å². The van der Waals surface area contributed by atoms with E-state index in [0.717, 1.165) is 28.8 Å². The molecule has 0 bridgehead atoms. The lowest BCUT2D eigenvalue weighted by Crippen LogP contribution is -2.28. The van der Waals surface area contributed by atoms with Crippen molar-refractivity contribution in [3.05, 3.63) is 100 Å². The summed E-state index contributed by atoms with van der Waals surface area (Å²) >= 11 is 0. The number of fused-ring (bicyclic) bond motifs is 1. The van der Waals surface area contributed by atoms with E-state index >= 15 is 0 Å². The molecule has 3 aromatic carbocycles. The molecule has 1 heterocycles. The Hall–Kier alpha value is -3.47. The molecule has 0 saturated heterocycles. The molecule has 1 aliphatic heterocycles. The van der Waals surface area contributed by atoms with E-state index in [-0.39, 0.29) is 11.8 Å². The first-order chi connectivity index (χ1) is 14.0. The van der Waals surface area contributed by atoms with E-state index < -0.39 is 5.82 Å². The number of hydrogen-bond donors (Lipinski definition) is 1. The van der Waals surface area contributed by atoms with Crippen molar-refractivity contribution in [2.24, 2.45) is 0 Å². The van der Waals surface area contributed by atoms with Gasteiger partial charge >= 0.3 is 0 Å². The molecule has 0 aliphatic carbocycles. The smallest absolute Gasteiger partial charge is 0.258 e. The number of rotatable bonds is 4. The van der Waals surface area contributed by atoms with Crippen molar-refractivity contribution < 1.29 is 14.0 Å². The Morgan fingerprint density at radius 2 is 1.79 bits per heavy atom. The lowest BCUT2D eigenvalue weighted by Gasteiger charge is -2.18. The fourth-order valence-electron chi connectivity index (χ4n) is 3.54. The van der Waals surface area contributed by atoms with Crippen LogP contribution in [0.1, 0.15) is 37.4 Å². The number of anilines is 1. The standard InChI is InChI=1S/C24H21FN2O2/c1-16-5-8-18(9-6-16)24(29)27-12-11-19-13-17(7-10-22(19)27)15-26-23(28)20-3-2-4-21(25)14-20/h2-10,13-14H,11-12,15H2,1H3,(H,26,28). The number of halogens is 1. The number of nitrogens with zero attached hydrogens (tertiary/aromatic N) is 1. The van der Waals surface area contributed by atoms with Crippen LogP contribution < -0.4 is 10.2 Å². The monoisotopic (exact) mass is 388 g/mol. The van der Waals surface area contributed by atoms with E-state index in [1.165, 1.54) is 18.2 Å². The van der Waals surface area contributed by atoms with Crippen molar-refractivity contribution in [1.29, 1.82) is 0 Å². The molecule has 0 radical (unpaired) electrons. The second kappa shape index (κ2) is 7.87. The number of amides is 2. The summed E-state index contributed by atoms with van der Waals surface area (Å²) in [5, 5.41) is 2.81. The molecule has 0 spiro atoms. The summed E-state index contributed by atoms with van der Waals surface area (Å²) in [5.74, 6) is -0.759. The average Bonchev–Trinajstić information content (AvgIpc) is 3.15. The molecule has 0 atom stereocenters. The molecule has 2 amide bonds. The third-order valence-electron chi connectivity index (χ3n) is 5.12. The van der Waals surface area contributed by atoms with Crippen LogP contribution in [0.5, 0.6) is 0 Å². The normalized spacial score (nSPS) is 12.6.